The smallest absolute Gasteiger partial charge is 0.407 e. The molecule has 0 aromatic heterocycles. The molecule has 4 amide bonds. The second-order valence-electron chi connectivity index (χ2n) is 11.3. The normalized spacial score (nSPS) is 13.1. The molecule has 0 aliphatic rings. The van der Waals surface area contributed by atoms with Gasteiger partial charge in [0.15, 0.2) is 0 Å². The third-order valence-corrected chi connectivity index (χ3v) is 7.51. The number of amides is 4. The Kier molecular flexibility index (Phi) is 15.6. The number of nitrogens with two attached hydrogens (primary N) is 1. The SMILES string of the molecule is COC(=O)[C@H](Cc1ccccc1)NC(=O)[C@H](Cc1ccccc1)NC(=O)[C@H](C)NC(=O)[C@H](N)CCCCNC(=O)OCc1ccccc1. The van der Waals surface area contributed by atoms with Gasteiger partial charge in [-0.1, -0.05) is 91.0 Å². The molecule has 0 aliphatic carbocycles. The van der Waals surface area contributed by atoms with Gasteiger partial charge in [0.05, 0.1) is 13.2 Å². The number of benzene rings is 3. The minimum absolute atomic E-state index is 0.145. The Hall–Kier alpha value is -5.23. The highest BCUT2D eigenvalue weighted by atomic mass is 16.5. The fourth-order valence-corrected chi connectivity index (χ4v) is 4.78. The van der Waals surface area contributed by atoms with Gasteiger partial charge in [0.1, 0.15) is 24.7 Å². The van der Waals surface area contributed by atoms with Crippen LogP contribution in [0.3, 0.4) is 0 Å². The first kappa shape index (κ1) is 37.2. The van der Waals surface area contributed by atoms with E-state index in [0.29, 0.717) is 25.8 Å². The quantitative estimate of drug-likeness (QED) is 0.102. The zero-order valence-electron chi connectivity index (χ0n) is 27.4. The Bertz CT molecular complexity index is 1460. The van der Waals surface area contributed by atoms with Crippen LogP contribution < -0.4 is 27.0 Å². The van der Waals surface area contributed by atoms with Crippen molar-refractivity contribution in [1.29, 1.82) is 0 Å². The number of nitrogens with one attached hydrogen (secondary N) is 4. The lowest BCUT2D eigenvalue weighted by Crippen LogP contribution is -2.57. The number of carbonyl (C=O) groups excluding carboxylic acids is 5. The van der Waals surface area contributed by atoms with E-state index in [0.717, 1.165) is 16.7 Å². The number of carbonyl (C=O) groups is 5. The summed E-state index contributed by atoms with van der Waals surface area (Å²) >= 11 is 0. The van der Waals surface area contributed by atoms with Crippen molar-refractivity contribution in [2.75, 3.05) is 13.7 Å². The van der Waals surface area contributed by atoms with Crippen LogP contribution in [0.25, 0.3) is 0 Å². The number of esters is 1. The van der Waals surface area contributed by atoms with Gasteiger partial charge >= 0.3 is 12.1 Å². The molecular formula is C36H45N5O7. The van der Waals surface area contributed by atoms with E-state index in [1.165, 1.54) is 14.0 Å². The van der Waals surface area contributed by atoms with Gasteiger partial charge in [0.2, 0.25) is 17.7 Å². The van der Waals surface area contributed by atoms with Crippen molar-refractivity contribution in [3.05, 3.63) is 108 Å². The maximum absolute atomic E-state index is 13.5. The summed E-state index contributed by atoms with van der Waals surface area (Å²) in [6.45, 7) is 2.02. The zero-order valence-corrected chi connectivity index (χ0v) is 27.4. The topological polar surface area (TPSA) is 178 Å². The number of hydrogen-bond acceptors (Lipinski definition) is 8. The highest BCUT2D eigenvalue weighted by Gasteiger charge is 2.29. The monoisotopic (exact) mass is 659 g/mol. The summed E-state index contributed by atoms with van der Waals surface area (Å²) in [4.78, 5) is 63.9. The minimum Gasteiger partial charge on any atom is -0.467 e. The summed E-state index contributed by atoms with van der Waals surface area (Å²) in [5.41, 5.74) is 8.56. The van der Waals surface area contributed by atoms with Crippen LogP contribution in [0.1, 0.15) is 42.9 Å². The van der Waals surface area contributed by atoms with Gasteiger partial charge in [-0.05, 0) is 42.9 Å². The molecule has 0 bridgehead atoms. The first-order valence-corrected chi connectivity index (χ1v) is 15.9. The fourth-order valence-electron chi connectivity index (χ4n) is 4.78. The molecular weight excluding hydrogens is 614 g/mol. The molecule has 0 radical (unpaired) electrons. The zero-order chi connectivity index (χ0) is 34.7. The molecule has 48 heavy (non-hydrogen) atoms. The lowest BCUT2D eigenvalue weighted by atomic mass is 10.0. The van der Waals surface area contributed by atoms with E-state index in [2.05, 4.69) is 21.3 Å². The third kappa shape index (κ3) is 13.2. The van der Waals surface area contributed by atoms with Crippen molar-refractivity contribution in [1.82, 2.24) is 21.3 Å². The van der Waals surface area contributed by atoms with Crippen LogP contribution in [0.15, 0.2) is 91.0 Å². The van der Waals surface area contributed by atoms with Crippen LogP contribution in [0.4, 0.5) is 4.79 Å². The predicted octanol–water partition coefficient (Wildman–Crippen LogP) is 2.54. The summed E-state index contributed by atoms with van der Waals surface area (Å²) < 4.78 is 10.1. The molecule has 0 saturated heterocycles. The molecule has 0 spiro atoms. The van der Waals surface area contributed by atoms with E-state index < -0.39 is 54.0 Å². The predicted molar refractivity (Wildman–Crippen MR) is 180 cm³/mol. The lowest BCUT2D eigenvalue weighted by Gasteiger charge is -2.24. The van der Waals surface area contributed by atoms with Crippen molar-refractivity contribution >= 4 is 29.8 Å². The number of hydrogen-bond donors (Lipinski definition) is 5. The summed E-state index contributed by atoms with van der Waals surface area (Å²) in [6, 6.07) is 23.7. The molecule has 0 fully saturated rings. The van der Waals surface area contributed by atoms with Crippen LogP contribution >= 0.6 is 0 Å². The van der Waals surface area contributed by atoms with E-state index in [1.807, 2.05) is 91.0 Å². The summed E-state index contributed by atoms with van der Waals surface area (Å²) in [5, 5.41) is 10.7. The van der Waals surface area contributed by atoms with Gasteiger partial charge in [-0.15, -0.1) is 0 Å². The highest BCUT2D eigenvalue weighted by molar-refractivity contribution is 5.94. The van der Waals surface area contributed by atoms with Gasteiger partial charge in [-0.25, -0.2) is 9.59 Å². The second kappa shape index (κ2) is 20.1. The minimum atomic E-state index is -1.05. The van der Waals surface area contributed by atoms with E-state index in [9.17, 15) is 24.0 Å². The van der Waals surface area contributed by atoms with Gasteiger partial charge < -0.3 is 36.5 Å². The van der Waals surface area contributed by atoms with Crippen LogP contribution in [0.2, 0.25) is 0 Å². The van der Waals surface area contributed by atoms with Gasteiger partial charge in [-0.2, -0.15) is 0 Å². The molecule has 12 nitrogen and oxygen atoms in total. The van der Waals surface area contributed by atoms with Crippen LogP contribution in [-0.4, -0.2) is 67.6 Å². The van der Waals surface area contributed by atoms with Crippen LogP contribution in [-0.2, 0) is 48.1 Å². The van der Waals surface area contributed by atoms with Gasteiger partial charge in [0.25, 0.3) is 0 Å². The number of unbranched alkanes of at least 4 members (excludes halogenated alkanes) is 1. The Morgan fingerprint density at radius 1 is 0.667 bits per heavy atom. The third-order valence-electron chi connectivity index (χ3n) is 7.51. The number of rotatable bonds is 18. The van der Waals surface area contributed by atoms with E-state index in [-0.39, 0.29) is 19.4 Å². The molecule has 0 heterocycles. The summed E-state index contributed by atoms with van der Waals surface area (Å²) in [6.07, 6.45) is 1.27. The molecule has 12 heteroatoms. The Balaban J connectivity index is 1.48. The molecule has 3 aromatic rings. The Morgan fingerprint density at radius 2 is 1.19 bits per heavy atom. The molecule has 6 N–H and O–H groups in total. The van der Waals surface area contributed by atoms with E-state index >= 15 is 0 Å². The van der Waals surface area contributed by atoms with Crippen molar-refractivity contribution in [3.8, 4) is 0 Å². The fraction of sp³-hybridized carbons (Fsp3) is 0.361. The first-order chi connectivity index (χ1) is 23.2. The Labute approximate surface area is 281 Å². The second-order valence-corrected chi connectivity index (χ2v) is 11.3. The largest absolute Gasteiger partial charge is 0.467 e. The van der Waals surface area contributed by atoms with Gasteiger partial charge in [0, 0.05) is 19.4 Å². The summed E-state index contributed by atoms with van der Waals surface area (Å²) in [7, 11) is 1.24. The Morgan fingerprint density at radius 3 is 1.75 bits per heavy atom. The highest BCUT2D eigenvalue weighted by Crippen LogP contribution is 2.09. The molecule has 0 aliphatic heterocycles. The molecule has 256 valence electrons. The lowest BCUT2D eigenvalue weighted by molar-refractivity contribution is -0.145. The van der Waals surface area contributed by atoms with Crippen molar-refractivity contribution < 1.29 is 33.4 Å². The molecule has 3 aromatic carbocycles. The molecule has 0 unspecified atom stereocenters. The van der Waals surface area contributed by atoms with Crippen molar-refractivity contribution in [3.63, 3.8) is 0 Å². The average Bonchev–Trinajstić information content (AvgIpc) is 3.10. The van der Waals surface area contributed by atoms with Gasteiger partial charge in [-0.3, -0.25) is 14.4 Å². The maximum Gasteiger partial charge on any atom is 0.407 e. The number of methoxy groups -OCH3 is 1. The van der Waals surface area contributed by atoms with E-state index in [4.69, 9.17) is 15.2 Å². The number of alkyl carbamates (subject to hydrolysis) is 1. The van der Waals surface area contributed by atoms with Crippen molar-refractivity contribution in [2.24, 2.45) is 5.73 Å². The molecule has 0 saturated carbocycles. The maximum atomic E-state index is 13.5. The molecule has 3 rings (SSSR count). The van der Waals surface area contributed by atoms with Crippen LogP contribution in [0.5, 0.6) is 0 Å². The molecule has 4 atom stereocenters. The number of ether oxygens (including phenoxy) is 2. The summed E-state index contributed by atoms with van der Waals surface area (Å²) in [5.74, 6) is -2.32. The van der Waals surface area contributed by atoms with Crippen LogP contribution in [0, 0.1) is 0 Å². The van der Waals surface area contributed by atoms with E-state index in [1.54, 1.807) is 0 Å². The van der Waals surface area contributed by atoms with Crippen molar-refractivity contribution in [2.45, 2.75) is 69.8 Å². The standard InChI is InChI=1S/C36H45N5O7/c1-25(39-33(43)29(37)20-12-13-21-38-36(46)48-24-28-18-10-5-11-19-28)32(42)40-30(22-26-14-6-3-7-15-26)34(44)41-31(35(45)47-2)23-27-16-8-4-9-17-27/h3-11,14-19,25,29-31H,12-13,20-24,37H2,1-2H3,(H,38,46)(H,39,43)(H,40,42)(H,41,44)/t25-,29+,30-,31-/m0/s1. The average molecular weight is 660 g/mol. The first-order valence-electron chi connectivity index (χ1n) is 15.9.